The van der Waals surface area contributed by atoms with E-state index in [1.807, 2.05) is 11.9 Å². The first-order valence-electron chi connectivity index (χ1n) is 8.64. The van der Waals surface area contributed by atoms with Crippen LogP contribution in [-0.2, 0) is 0 Å². The molecule has 0 radical (unpaired) electrons. The Kier molecular flexibility index (Phi) is 8.41. The molecule has 0 atom stereocenters. The topological polar surface area (TPSA) is 61.1 Å². The first kappa shape index (κ1) is 20.4. The number of rotatable bonds is 3. The number of guanidine groups is 1. The maximum atomic E-state index is 12.3. The Hall–Kier alpha value is -0.900. The number of amides is 1. The molecule has 140 valence electrons. The standard InChI is InChI=1S/C17H26N4O2S.HI/c1-18-17(19-13-14-4-11-24-12-5-14)21-8-6-20(7-9-21)16(22)15-3-2-10-23-15;/h2-3,10,14H,4-9,11-13H2,1H3,(H,18,19);1H. The fourth-order valence-electron chi connectivity index (χ4n) is 3.20. The maximum absolute atomic E-state index is 12.3. The van der Waals surface area contributed by atoms with Crippen molar-refractivity contribution in [1.29, 1.82) is 0 Å². The van der Waals surface area contributed by atoms with Gasteiger partial charge in [-0.25, -0.2) is 0 Å². The third kappa shape index (κ3) is 5.54. The smallest absolute Gasteiger partial charge is 0.289 e. The van der Waals surface area contributed by atoms with Crippen LogP contribution >= 0.6 is 35.7 Å². The minimum absolute atomic E-state index is 0. The fraction of sp³-hybridized carbons (Fsp3) is 0.647. The minimum Gasteiger partial charge on any atom is -0.459 e. The van der Waals surface area contributed by atoms with Gasteiger partial charge >= 0.3 is 0 Å². The first-order valence-corrected chi connectivity index (χ1v) is 9.79. The zero-order valence-electron chi connectivity index (χ0n) is 14.6. The highest BCUT2D eigenvalue weighted by Gasteiger charge is 2.25. The summed E-state index contributed by atoms with van der Waals surface area (Å²) >= 11 is 2.05. The number of hydrogen-bond acceptors (Lipinski definition) is 4. The van der Waals surface area contributed by atoms with Gasteiger partial charge in [0.05, 0.1) is 6.26 Å². The van der Waals surface area contributed by atoms with Gasteiger partial charge in [-0.15, -0.1) is 24.0 Å². The molecule has 3 heterocycles. The summed E-state index contributed by atoms with van der Waals surface area (Å²) in [5.74, 6) is 4.66. The van der Waals surface area contributed by atoms with Crippen LogP contribution in [0.15, 0.2) is 27.8 Å². The van der Waals surface area contributed by atoms with Gasteiger partial charge in [0.1, 0.15) is 0 Å². The maximum Gasteiger partial charge on any atom is 0.289 e. The number of furan rings is 1. The quantitative estimate of drug-likeness (QED) is 0.411. The Morgan fingerprint density at radius 2 is 1.96 bits per heavy atom. The van der Waals surface area contributed by atoms with Crippen molar-refractivity contribution in [2.45, 2.75) is 12.8 Å². The molecule has 0 spiro atoms. The van der Waals surface area contributed by atoms with Gasteiger partial charge in [-0.1, -0.05) is 0 Å². The van der Waals surface area contributed by atoms with E-state index < -0.39 is 0 Å². The lowest BCUT2D eigenvalue weighted by Gasteiger charge is -2.36. The molecule has 1 aromatic rings. The molecule has 25 heavy (non-hydrogen) atoms. The monoisotopic (exact) mass is 478 g/mol. The summed E-state index contributed by atoms with van der Waals surface area (Å²) in [4.78, 5) is 20.8. The van der Waals surface area contributed by atoms with Crippen LogP contribution in [0.2, 0.25) is 0 Å². The highest BCUT2D eigenvalue weighted by molar-refractivity contribution is 14.0. The predicted octanol–water partition coefficient (Wildman–Crippen LogP) is 2.37. The molecule has 2 fully saturated rings. The summed E-state index contributed by atoms with van der Waals surface area (Å²) in [7, 11) is 1.83. The van der Waals surface area contributed by atoms with Crippen molar-refractivity contribution in [2.75, 3.05) is 51.3 Å². The Morgan fingerprint density at radius 1 is 1.28 bits per heavy atom. The highest BCUT2D eigenvalue weighted by atomic mass is 127. The molecule has 0 saturated carbocycles. The van der Waals surface area contributed by atoms with Crippen LogP contribution in [0.25, 0.3) is 0 Å². The van der Waals surface area contributed by atoms with Gasteiger partial charge in [0.15, 0.2) is 11.7 Å². The number of nitrogens with one attached hydrogen (secondary N) is 1. The van der Waals surface area contributed by atoms with Crippen LogP contribution in [0, 0.1) is 5.92 Å². The predicted molar refractivity (Wildman–Crippen MR) is 113 cm³/mol. The average molecular weight is 478 g/mol. The van der Waals surface area contributed by atoms with E-state index >= 15 is 0 Å². The number of hydrogen-bond donors (Lipinski definition) is 1. The van der Waals surface area contributed by atoms with Crippen molar-refractivity contribution in [3.8, 4) is 0 Å². The normalized spacial score (nSPS) is 19.5. The van der Waals surface area contributed by atoms with E-state index in [9.17, 15) is 4.79 Å². The summed E-state index contributed by atoms with van der Waals surface area (Å²) in [6.07, 6.45) is 4.12. The third-order valence-electron chi connectivity index (χ3n) is 4.70. The second kappa shape index (κ2) is 10.3. The molecule has 0 aromatic carbocycles. The van der Waals surface area contributed by atoms with Gasteiger partial charge in [-0.3, -0.25) is 9.79 Å². The molecule has 1 amide bonds. The van der Waals surface area contributed by atoms with E-state index in [1.165, 1.54) is 24.3 Å². The molecule has 6 nitrogen and oxygen atoms in total. The van der Waals surface area contributed by atoms with E-state index in [4.69, 9.17) is 4.42 Å². The van der Waals surface area contributed by atoms with Crippen molar-refractivity contribution >= 4 is 47.6 Å². The number of nitrogens with zero attached hydrogens (tertiary/aromatic N) is 3. The van der Waals surface area contributed by atoms with Crippen molar-refractivity contribution in [2.24, 2.45) is 10.9 Å². The van der Waals surface area contributed by atoms with E-state index in [-0.39, 0.29) is 29.9 Å². The molecule has 1 N–H and O–H groups in total. The van der Waals surface area contributed by atoms with Crippen molar-refractivity contribution < 1.29 is 9.21 Å². The zero-order valence-corrected chi connectivity index (χ0v) is 17.8. The molecule has 0 aliphatic carbocycles. The van der Waals surface area contributed by atoms with Crippen LogP contribution in [-0.4, -0.2) is 72.9 Å². The summed E-state index contributed by atoms with van der Waals surface area (Å²) in [5.41, 5.74) is 0. The number of carbonyl (C=O) groups excluding carboxylic acids is 1. The zero-order chi connectivity index (χ0) is 16.8. The largest absolute Gasteiger partial charge is 0.459 e. The molecule has 2 aliphatic rings. The van der Waals surface area contributed by atoms with Gasteiger partial charge in [-0.2, -0.15) is 11.8 Å². The van der Waals surface area contributed by atoms with Gasteiger partial charge in [0.25, 0.3) is 5.91 Å². The Morgan fingerprint density at radius 3 is 2.56 bits per heavy atom. The minimum atomic E-state index is -0.0256. The van der Waals surface area contributed by atoms with Crippen LogP contribution in [0.1, 0.15) is 23.4 Å². The highest BCUT2D eigenvalue weighted by Crippen LogP contribution is 2.22. The van der Waals surface area contributed by atoms with Crippen LogP contribution in [0.5, 0.6) is 0 Å². The molecule has 2 aliphatic heterocycles. The molecule has 8 heteroatoms. The average Bonchev–Trinajstić information content (AvgIpc) is 3.18. The number of aliphatic imine (C=N–C) groups is 1. The van der Waals surface area contributed by atoms with Gasteiger partial charge < -0.3 is 19.5 Å². The Labute approximate surface area is 170 Å². The SMILES string of the molecule is CN=C(NCC1CCSCC1)N1CCN(C(=O)c2ccco2)CC1.I. The summed E-state index contributed by atoms with van der Waals surface area (Å²) < 4.78 is 5.21. The second-order valence-corrected chi connectivity index (χ2v) is 7.47. The lowest BCUT2D eigenvalue weighted by molar-refractivity contribution is 0.0657. The molecule has 1 aromatic heterocycles. The second-order valence-electron chi connectivity index (χ2n) is 6.24. The molecule has 0 bridgehead atoms. The lowest BCUT2D eigenvalue weighted by atomic mass is 10.0. The molecule has 0 unspecified atom stereocenters. The summed E-state index contributed by atoms with van der Waals surface area (Å²) in [6, 6.07) is 3.47. The van der Waals surface area contributed by atoms with Crippen molar-refractivity contribution in [3.63, 3.8) is 0 Å². The van der Waals surface area contributed by atoms with Crippen LogP contribution in [0.3, 0.4) is 0 Å². The van der Waals surface area contributed by atoms with Crippen molar-refractivity contribution in [1.82, 2.24) is 15.1 Å². The number of piperazine rings is 1. The first-order chi connectivity index (χ1) is 11.8. The Bertz CT molecular complexity index is 553. The summed E-state index contributed by atoms with van der Waals surface area (Å²) in [6.45, 7) is 3.98. The van der Waals surface area contributed by atoms with Crippen LogP contribution in [0.4, 0.5) is 0 Å². The van der Waals surface area contributed by atoms with E-state index in [0.717, 1.165) is 31.5 Å². The van der Waals surface area contributed by atoms with E-state index in [2.05, 4.69) is 27.0 Å². The number of carbonyl (C=O) groups is 1. The molecular formula is C17H27IN4O2S. The number of thioether (sulfide) groups is 1. The van der Waals surface area contributed by atoms with Gasteiger partial charge in [0, 0.05) is 39.8 Å². The third-order valence-corrected chi connectivity index (χ3v) is 5.75. The van der Waals surface area contributed by atoms with E-state index in [1.54, 1.807) is 18.4 Å². The fourth-order valence-corrected chi connectivity index (χ4v) is 4.40. The van der Waals surface area contributed by atoms with E-state index in [0.29, 0.717) is 18.8 Å². The van der Waals surface area contributed by atoms with Gasteiger partial charge in [0.2, 0.25) is 0 Å². The number of halogens is 1. The molecular weight excluding hydrogens is 451 g/mol. The molecule has 2 saturated heterocycles. The van der Waals surface area contributed by atoms with Gasteiger partial charge in [-0.05, 0) is 42.4 Å². The summed E-state index contributed by atoms with van der Waals surface area (Å²) in [5, 5.41) is 3.53. The van der Waals surface area contributed by atoms with Crippen molar-refractivity contribution in [3.05, 3.63) is 24.2 Å². The van der Waals surface area contributed by atoms with Crippen LogP contribution < -0.4 is 5.32 Å². The Balaban J connectivity index is 0.00000225. The molecule has 3 rings (SSSR count). The lowest BCUT2D eigenvalue weighted by Crippen LogP contribution is -2.54.